The number of aromatic nitrogens is 2. The number of nitrogens with two attached hydrogens (primary N) is 1. The predicted octanol–water partition coefficient (Wildman–Crippen LogP) is 3.69. The number of hydrogen-bond acceptors (Lipinski definition) is 4. The summed E-state index contributed by atoms with van der Waals surface area (Å²) in [7, 11) is 0. The predicted molar refractivity (Wildman–Crippen MR) is 114 cm³/mol. The van der Waals surface area contributed by atoms with E-state index in [9.17, 15) is 9.59 Å². The largest absolute Gasteiger partial charge is 0.352 e. The van der Waals surface area contributed by atoms with E-state index in [1.54, 1.807) is 0 Å². The van der Waals surface area contributed by atoms with E-state index < -0.39 is 12.1 Å². The van der Waals surface area contributed by atoms with Gasteiger partial charge >= 0.3 is 6.03 Å². The van der Waals surface area contributed by atoms with Crippen LogP contribution in [0.25, 0.3) is 11.3 Å². The van der Waals surface area contributed by atoms with Crippen LogP contribution in [0.1, 0.15) is 36.0 Å². The molecule has 0 saturated heterocycles. The number of carbonyl (C=O) groups is 2. The Labute approximate surface area is 173 Å². The first kappa shape index (κ1) is 19.2. The Morgan fingerprint density at radius 3 is 2.90 bits per heavy atom. The number of benzene rings is 1. The maximum atomic E-state index is 12.6. The minimum absolute atomic E-state index is 0.104. The molecule has 2 aromatic heterocycles. The molecule has 3 heterocycles. The number of aryl methyl sites for hydroxylation is 2. The van der Waals surface area contributed by atoms with Gasteiger partial charge in [0.15, 0.2) is 0 Å². The zero-order chi connectivity index (χ0) is 20.2. The highest BCUT2D eigenvalue weighted by atomic mass is 32.1. The molecule has 0 spiro atoms. The number of anilines is 1. The Morgan fingerprint density at radius 1 is 1.24 bits per heavy atom. The van der Waals surface area contributed by atoms with Gasteiger partial charge in [0.2, 0.25) is 5.91 Å². The van der Waals surface area contributed by atoms with Gasteiger partial charge in [0, 0.05) is 35.3 Å². The summed E-state index contributed by atoms with van der Waals surface area (Å²) in [5.41, 5.74) is 7.85. The van der Waals surface area contributed by atoms with Gasteiger partial charge in [0.25, 0.3) is 0 Å². The number of fused-ring (bicyclic) bond motifs is 1. The summed E-state index contributed by atoms with van der Waals surface area (Å²) < 4.78 is 2.21. The molecular weight excluding hydrogens is 386 g/mol. The molecule has 7 nitrogen and oxygen atoms in total. The van der Waals surface area contributed by atoms with E-state index >= 15 is 0 Å². The molecule has 3 aromatic rings. The number of primary amides is 1. The number of rotatable bonds is 6. The van der Waals surface area contributed by atoms with Crippen LogP contribution in [-0.4, -0.2) is 21.5 Å². The van der Waals surface area contributed by atoms with Crippen LogP contribution < -0.4 is 16.4 Å². The summed E-state index contributed by atoms with van der Waals surface area (Å²) in [6, 6.07) is 10.3. The van der Waals surface area contributed by atoms with Crippen molar-refractivity contribution in [3.63, 3.8) is 0 Å². The zero-order valence-electron chi connectivity index (χ0n) is 15.9. The monoisotopic (exact) mass is 409 g/mol. The Morgan fingerprint density at radius 2 is 2.14 bits per heavy atom. The number of imidazole rings is 1. The SMILES string of the molecule is NC(=O)NC(CC(=O)Nc1cccc(-c2cn3c(n2)CCCC3)c1)c1cccs1. The van der Waals surface area contributed by atoms with Gasteiger partial charge < -0.3 is 20.9 Å². The molecule has 0 aliphatic carbocycles. The maximum Gasteiger partial charge on any atom is 0.312 e. The highest BCUT2D eigenvalue weighted by Gasteiger charge is 2.19. The second-order valence-corrected chi connectivity index (χ2v) is 8.08. The summed E-state index contributed by atoms with van der Waals surface area (Å²) >= 11 is 1.47. The van der Waals surface area contributed by atoms with Crippen molar-refractivity contribution in [2.75, 3.05) is 5.32 Å². The number of amides is 3. The van der Waals surface area contributed by atoms with E-state index in [2.05, 4.69) is 21.4 Å². The Kier molecular flexibility index (Phi) is 5.62. The average Bonchev–Trinajstić information content (AvgIpc) is 3.37. The molecule has 0 radical (unpaired) electrons. The van der Waals surface area contributed by atoms with Crippen LogP contribution in [0.3, 0.4) is 0 Å². The van der Waals surface area contributed by atoms with Crippen LogP contribution in [0.4, 0.5) is 10.5 Å². The summed E-state index contributed by atoms with van der Waals surface area (Å²) in [4.78, 5) is 29.5. The van der Waals surface area contributed by atoms with E-state index in [4.69, 9.17) is 10.7 Å². The van der Waals surface area contributed by atoms with E-state index in [1.165, 1.54) is 24.2 Å². The number of nitrogens with one attached hydrogen (secondary N) is 2. The smallest absolute Gasteiger partial charge is 0.312 e. The van der Waals surface area contributed by atoms with Crippen molar-refractivity contribution in [2.45, 2.75) is 38.3 Å². The lowest BCUT2D eigenvalue weighted by atomic mass is 10.1. The van der Waals surface area contributed by atoms with E-state index in [1.807, 2.05) is 41.8 Å². The van der Waals surface area contributed by atoms with Crippen LogP contribution in [0.2, 0.25) is 0 Å². The topological polar surface area (TPSA) is 102 Å². The van der Waals surface area contributed by atoms with Crippen LogP contribution >= 0.6 is 11.3 Å². The van der Waals surface area contributed by atoms with Crippen LogP contribution in [0.5, 0.6) is 0 Å². The first-order chi connectivity index (χ1) is 14.1. The van der Waals surface area contributed by atoms with Crippen molar-refractivity contribution < 1.29 is 9.59 Å². The van der Waals surface area contributed by atoms with Gasteiger partial charge in [-0.3, -0.25) is 4.79 Å². The van der Waals surface area contributed by atoms with E-state index in [0.717, 1.165) is 34.9 Å². The standard InChI is InChI=1S/C21H23N5O2S/c22-21(28)25-16(18-7-4-10-29-18)12-20(27)23-15-6-3-5-14(11-15)17-13-26-9-2-1-8-19(26)24-17/h3-7,10-11,13,16H,1-2,8-9,12H2,(H,23,27)(H3,22,25,28). The van der Waals surface area contributed by atoms with Crippen molar-refractivity contribution in [2.24, 2.45) is 5.73 Å². The van der Waals surface area contributed by atoms with Gasteiger partial charge in [0.1, 0.15) is 5.82 Å². The molecule has 4 rings (SSSR count). The first-order valence-corrected chi connectivity index (χ1v) is 10.5. The van der Waals surface area contributed by atoms with Gasteiger partial charge in [-0.05, 0) is 36.4 Å². The van der Waals surface area contributed by atoms with Crippen LogP contribution in [0.15, 0.2) is 48.0 Å². The van der Waals surface area contributed by atoms with E-state index in [0.29, 0.717) is 5.69 Å². The van der Waals surface area contributed by atoms with Gasteiger partial charge in [-0.1, -0.05) is 18.2 Å². The lowest BCUT2D eigenvalue weighted by molar-refractivity contribution is -0.116. The number of nitrogens with zero attached hydrogens (tertiary/aromatic N) is 2. The molecule has 150 valence electrons. The molecule has 8 heteroatoms. The summed E-state index contributed by atoms with van der Waals surface area (Å²) in [5.74, 6) is 0.926. The van der Waals surface area contributed by atoms with Crippen molar-refractivity contribution in [3.05, 3.63) is 58.7 Å². The summed E-state index contributed by atoms with van der Waals surface area (Å²) in [5, 5.41) is 7.46. The zero-order valence-corrected chi connectivity index (χ0v) is 16.7. The highest BCUT2D eigenvalue weighted by Crippen LogP contribution is 2.26. The van der Waals surface area contributed by atoms with Gasteiger partial charge in [-0.25, -0.2) is 9.78 Å². The van der Waals surface area contributed by atoms with E-state index in [-0.39, 0.29) is 12.3 Å². The van der Waals surface area contributed by atoms with Gasteiger partial charge in [-0.2, -0.15) is 0 Å². The number of hydrogen-bond donors (Lipinski definition) is 3. The molecule has 1 unspecified atom stereocenters. The second-order valence-electron chi connectivity index (χ2n) is 7.10. The Bertz CT molecular complexity index is 989. The molecule has 4 N–H and O–H groups in total. The van der Waals surface area contributed by atoms with Crippen molar-refractivity contribution in [1.82, 2.24) is 14.9 Å². The average molecular weight is 410 g/mol. The first-order valence-electron chi connectivity index (χ1n) is 9.64. The third-order valence-electron chi connectivity index (χ3n) is 4.94. The van der Waals surface area contributed by atoms with Gasteiger partial charge in [-0.15, -0.1) is 11.3 Å². The molecule has 0 bridgehead atoms. The minimum Gasteiger partial charge on any atom is -0.352 e. The van der Waals surface area contributed by atoms with Gasteiger partial charge in [0.05, 0.1) is 18.2 Å². The normalized spacial score (nSPS) is 14.1. The molecular formula is C21H23N5O2S. The molecule has 1 aliphatic rings. The molecule has 0 saturated carbocycles. The lowest BCUT2D eigenvalue weighted by Gasteiger charge is -2.16. The molecule has 1 atom stereocenters. The maximum absolute atomic E-state index is 12.6. The Balaban J connectivity index is 1.46. The molecule has 1 aromatic carbocycles. The number of urea groups is 1. The molecule has 3 amide bonds. The Hall–Kier alpha value is -3.13. The van der Waals surface area contributed by atoms with Crippen molar-refractivity contribution in [1.29, 1.82) is 0 Å². The molecule has 1 aliphatic heterocycles. The third kappa shape index (κ3) is 4.65. The summed E-state index contributed by atoms with van der Waals surface area (Å²) in [6.45, 7) is 1.01. The fourth-order valence-corrected chi connectivity index (χ4v) is 4.37. The lowest BCUT2D eigenvalue weighted by Crippen LogP contribution is -2.34. The van der Waals surface area contributed by atoms with Crippen molar-refractivity contribution in [3.8, 4) is 11.3 Å². The fraction of sp³-hybridized carbons (Fsp3) is 0.286. The highest BCUT2D eigenvalue weighted by molar-refractivity contribution is 7.10. The number of thiophene rings is 1. The molecule has 0 fully saturated rings. The molecule has 29 heavy (non-hydrogen) atoms. The number of carbonyl (C=O) groups excluding carboxylic acids is 2. The second kappa shape index (κ2) is 8.48. The summed E-state index contributed by atoms with van der Waals surface area (Å²) in [6.07, 6.45) is 5.56. The van der Waals surface area contributed by atoms with Crippen molar-refractivity contribution >= 4 is 29.0 Å². The van der Waals surface area contributed by atoms with Crippen LogP contribution in [0, 0.1) is 0 Å². The minimum atomic E-state index is -0.651. The van der Waals surface area contributed by atoms with Crippen LogP contribution in [-0.2, 0) is 17.8 Å². The fourth-order valence-electron chi connectivity index (χ4n) is 3.59. The quantitative estimate of drug-likeness (QED) is 0.579. The third-order valence-corrected chi connectivity index (χ3v) is 5.93.